The molecule has 1 aromatic carbocycles. The third-order valence-electron chi connectivity index (χ3n) is 3.92. The first-order valence-electron chi connectivity index (χ1n) is 7.16. The Labute approximate surface area is 136 Å². The third-order valence-corrected chi connectivity index (χ3v) is 5.92. The van der Waals surface area contributed by atoms with Gasteiger partial charge in [-0.25, -0.2) is 8.42 Å². The van der Waals surface area contributed by atoms with Gasteiger partial charge in [0.25, 0.3) is 0 Å². The van der Waals surface area contributed by atoms with Crippen LogP contribution in [0.25, 0.3) is 0 Å². The topological polar surface area (TPSA) is 57.7 Å². The second-order valence-corrected chi connectivity index (χ2v) is 8.53. The Bertz CT molecular complexity index is 631. The maximum Gasteiger partial charge on any atom is 0.236 e. The van der Waals surface area contributed by atoms with Gasteiger partial charge in [0.1, 0.15) is 0 Å². The maximum absolute atomic E-state index is 12.3. The fourth-order valence-electron chi connectivity index (χ4n) is 2.58. The number of hydrogen-bond acceptors (Lipinski definition) is 4. The minimum Gasteiger partial charge on any atom is -0.341 e. The minimum absolute atomic E-state index is 0.0569. The van der Waals surface area contributed by atoms with E-state index in [-0.39, 0.29) is 30.0 Å². The Morgan fingerprint density at radius 1 is 1.27 bits per heavy atom. The minimum atomic E-state index is -2.98. The molecule has 0 bridgehead atoms. The fraction of sp³-hybridized carbons (Fsp3) is 0.533. The van der Waals surface area contributed by atoms with E-state index in [1.165, 1.54) is 0 Å². The summed E-state index contributed by atoms with van der Waals surface area (Å²) in [6, 6.07) is 7.30. The third kappa shape index (κ3) is 4.69. The van der Waals surface area contributed by atoms with Crippen molar-refractivity contribution in [1.82, 2.24) is 9.80 Å². The van der Waals surface area contributed by atoms with Crippen LogP contribution >= 0.6 is 11.6 Å². The molecular weight excluding hydrogens is 324 g/mol. The van der Waals surface area contributed by atoms with E-state index in [1.807, 2.05) is 36.2 Å². The van der Waals surface area contributed by atoms with Crippen molar-refractivity contribution in [3.05, 3.63) is 34.9 Å². The number of halogens is 1. The molecule has 1 aromatic rings. The van der Waals surface area contributed by atoms with Gasteiger partial charge >= 0.3 is 0 Å². The summed E-state index contributed by atoms with van der Waals surface area (Å²) in [6.45, 7) is 0.898. The second kappa shape index (κ2) is 6.98. The van der Waals surface area contributed by atoms with Crippen LogP contribution in [0, 0.1) is 0 Å². The molecule has 1 fully saturated rings. The Morgan fingerprint density at radius 2 is 1.91 bits per heavy atom. The summed E-state index contributed by atoms with van der Waals surface area (Å²) in [6.07, 6.45) is 0.533. The molecule has 0 aliphatic carbocycles. The average molecular weight is 345 g/mol. The molecule has 22 heavy (non-hydrogen) atoms. The molecular formula is C15H21ClN2O3S. The van der Waals surface area contributed by atoms with Gasteiger partial charge in [-0.3, -0.25) is 9.69 Å². The summed E-state index contributed by atoms with van der Waals surface area (Å²) in [7, 11) is 0.576. The number of rotatable bonds is 5. The van der Waals surface area contributed by atoms with Gasteiger partial charge in [-0.15, -0.1) is 0 Å². The molecule has 0 radical (unpaired) electrons. The lowest BCUT2D eigenvalue weighted by atomic mass is 10.2. The highest BCUT2D eigenvalue weighted by molar-refractivity contribution is 7.91. The Kier molecular flexibility index (Phi) is 5.47. The highest BCUT2D eigenvalue weighted by Crippen LogP contribution is 2.17. The van der Waals surface area contributed by atoms with E-state index in [9.17, 15) is 13.2 Å². The van der Waals surface area contributed by atoms with Gasteiger partial charge in [-0.05, 0) is 31.2 Å². The van der Waals surface area contributed by atoms with Crippen molar-refractivity contribution in [2.45, 2.75) is 19.0 Å². The van der Waals surface area contributed by atoms with Crippen LogP contribution in [0.1, 0.15) is 12.0 Å². The van der Waals surface area contributed by atoms with Crippen LogP contribution in [0.3, 0.4) is 0 Å². The standard InChI is InChI=1S/C15H21ClN2O3S/c1-17(9-12-3-5-13(16)6-4-12)10-15(19)18(2)14-7-8-22(20,21)11-14/h3-6,14H,7-11H2,1-2H3/t14-/m0/s1. The first-order valence-corrected chi connectivity index (χ1v) is 9.36. The SMILES string of the molecule is CN(CC(=O)N(C)[C@H]1CCS(=O)(=O)C1)Cc1ccc(Cl)cc1. The van der Waals surface area contributed by atoms with E-state index in [1.54, 1.807) is 11.9 Å². The summed E-state index contributed by atoms with van der Waals surface area (Å²) in [5.41, 5.74) is 1.07. The molecule has 1 heterocycles. The quantitative estimate of drug-likeness (QED) is 0.810. The number of carbonyl (C=O) groups excluding carboxylic acids is 1. The summed E-state index contributed by atoms with van der Waals surface area (Å²) in [5, 5.41) is 0.685. The summed E-state index contributed by atoms with van der Waals surface area (Å²) < 4.78 is 23.0. The van der Waals surface area contributed by atoms with Gasteiger partial charge < -0.3 is 4.90 Å². The molecule has 5 nitrogen and oxygen atoms in total. The highest BCUT2D eigenvalue weighted by Gasteiger charge is 2.32. The zero-order valence-corrected chi connectivity index (χ0v) is 14.4. The van der Waals surface area contributed by atoms with Crippen molar-refractivity contribution in [3.8, 4) is 0 Å². The van der Waals surface area contributed by atoms with Crippen LogP contribution in [0.5, 0.6) is 0 Å². The van der Waals surface area contributed by atoms with Gasteiger partial charge in [0, 0.05) is 24.7 Å². The van der Waals surface area contributed by atoms with E-state index < -0.39 is 9.84 Å². The van der Waals surface area contributed by atoms with E-state index in [4.69, 9.17) is 11.6 Å². The molecule has 1 aliphatic heterocycles. The van der Waals surface area contributed by atoms with E-state index in [0.29, 0.717) is 18.0 Å². The molecule has 1 aliphatic rings. The Balaban J connectivity index is 1.87. The number of carbonyl (C=O) groups is 1. The Hall–Kier alpha value is -1.11. The molecule has 1 atom stereocenters. The van der Waals surface area contributed by atoms with Crippen LogP contribution in [-0.2, 0) is 21.2 Å². The lowest BCUT2D eigenvalue weighted by Crippen LogP contribution is -2.42. The van der Waals surface area contributed by atoms with Gasteiger partial charge in [-0.1, -0.05) is 23.7 Å². The number of amides is 1. The van der Waals surface area contributed by atoms with E-state index in [0.717, 1.165) is 5.56 Å². The van der Waals surface area contributed by atoms with Crippen LogP contribution in [-0.4, -0.2) is 62.3 Å². The van der Waals surface area contributed by atoms with Crippen molar-refractivity contribution in [1.29, 1.82) is 0 Å². The maximum atomic E-state index is 12.3. The fourth-order valence-corrected chi connectivity index (χ4v) is 4.48. The molecule has 0 N–H and O–H groups in total. The molecule has 0 unspecified atom stereocenters. The number of likely N-dealkylation sites (N-methyl/N-ethyl adjacent to an activating group) is 2. The largest absolute Gasteiger partial charge is 0.341 e. The first kappa shape index (κ1) is 17.2. The normalized spacial score (nSPS) is 20.3. The van der Waals surface area contributed by atoms with Crippen molar-refractivity contribution in [3.63, 3.8) is 0 Å². The summed E-state index contributed by atoms with van der Waals surface area (Å²) >= 11 is 5.85. The van der Waals surface area contributed by atoms with Crippen molar-refractivity contribution < 1.29 is 13.2 Å². The zero-order chi connectivity index (χ0) is 16.3. The lowest BCUT2D eigenvalue weighted by molar-refractivity contribution is -0.132. The van der Waals surface area contributed by atoms with Gasteiger partial charge in [0.15, 0.2) is 9.84 Å². The molecule has 1 amide bonds. The van der Waals surface area contributed by atoms with Gasteiger partial charge in [-0.2, -0.15) is 0 Å². The number of nitrogens with zero attached hydrogens (tertiary/aromatic N) is 2. The summed E-state index contributed by atoms with van der Waals surface area (Å²) in [4.78, 5) is 15.7. The number of sulfone groups is 1. The van der Waals surface area contributed by atoms with Crippen LogP contribution in [0.4, 0.5) is 0 Å². The average Bonchev–Trinajstić information content (AvgIpc) is 2.80. The van der Waals surface area contributed by atoms with Crippen molar-refractivity contribution in [2.24, 2.45) is 0 Å². The first-order chi connectivity index (χ1) is 10.3. The molecule has 2 rings (SSSR count). The zero-order valence-electron chi connectivity index (χ0n) is 12.8. The van der Waals surface area contributed by atoms with E-state index >= 15 is 0 Å². The van der Waals surface area contributed by atoms with Crippen LogP contribution < -0.4 is 0 Å². The second-order valence-electron chi connectivity index (χ2n) is 5.86. The lowest BCUT2D eigenvalue weighted by Gasteiger charge is -2.26. The van der Waals surface area contributed by atoms with Gasteiger partial charge in [0.2, 0.25) is 5.91 Å². The number of hydrogen-bond donors (Lipinski definition) is 0. The monoisotopic (exact) mass is 344 g/mol. The number of benzene rings is 1. The van der Waals surface area contributed by atoms with Crippen molar-refractivity contribution >= 4 is 27.3 Å². The Morgan fingerprint density at radius 3 is 2.45 bits per heavy atom. The van der Waals surface area contributed by atoms with Crippen LogP contribution in [0.15, 0.2) is 24.3 Å². The predicted molar refractivity (Wildman–Crippen MR) is 87.6 cm³/mol. The molecule has 0 saturated carbocycles. The molecule has 0 spiro atoms. The molecule has 122 valence electrons. The van der Waals surface area contributed by atoms with Gasteiger partial charge in [0.05, 0.1) is 18.1 Å². The predicted octanol–water partition coefficient (Wildman–Crippen LogP) is 1.42. The molecule has 0 aromatic heterocycles. The molecule has 1 saturated heterocycles. The smallest absolute Gasteiger partial charge is 0.236 e. The highest BCUT2D eigenvalue weighted by atomic mass is 35.5. The van der Waals surface area contributed by atoms with E-state index in [2.05, 4.69) is 0 Å². The van der Waals surface area contributed by atoms with Crippen molar-refractivity contribution in [2.75, 3.05) is 32.1 Å². The summed E-state index contributed by atoms with van der Waals surface area (Å²) in [5.74, 6) is 0.199. The van der Waals surface area contributed by atoms with Crippen LogP contribution in [0.2, 0.25) is 5.02 Å². The molecule has 7 heteroatoms.